The molecule has 1 aromatic rings. The van der Waals surface area contributed by atoms with Crippen LogP contribution < -0.4 is 5.73 Å². The van der Waals surface area contributed by atoms with Gasteiger partial charge >= 0.3 is 0 Å². The lowest BCUT2D eigenvalue weighted by Gasteiger charge is -2.14. The van der Waals surface area contributed by atoms with Crippen molar-refractivity contribution >= 4 is 15.9 Å². The van der Waals surface area contributed by atoms with E-state index in [2.05, 4.69) is 15.9 Å². The molecular weight excluding hydrogens is 218 g/mol. The van der Waals surface area contributed by atoms with Crippen molar-refractivity contribution < 1.29 is 5.11 Å². The van der Waals surface area contributed by atoms with Gasteiger partial charge in [0.2, 0.25) is 0 Å². The number of aliphatic hydroxyl groups is 1. The molecule has 3 heteroatoms. The number of rotatable bonds is 2. The SMILES string of the molecule is CC(N)C(O)c1ccc(Br)cc1. The van der Waals surface area contributed by atoms with Gasteiger partial charge in [-0.05, 0) is 24.6 Å². The van der Waals surface area contributed by atoms with Gasteiger partial charge in [-0.3, -0.25) is 0 Å². The fourth-order valence-electron chi connectivity index (χ4n) is 0.964. The van der Waals surface area contributed by atoms with E-state index in [0.29, 0.717) is 0 Å². The van der Waals surface area contributed by atoms with Crippen molar-refractivity contribution in [1.82, 2.24) is 0 Å². The Balaban J connectivity index is 2.82. The molecule has 0 aromatic heterocycles. The van der Waals surface area contributed by atoms with E-state index < -0.39 is 6.10 Å². The van der Waals surface area contributed by atoms with Crippen molar-refractivity contribution in [3.8, 4) is 0 Å². The van der Waals surface area contributed by atoms with E-state index in [0.717, 1.165) is 10.0 Å². The van der Waals surface area contributed by atoms with Crippen LogP contribution in [0.25, 0.3) is 0 Å². The standard InChI is InChI=1S/C9H12BrNO/c1-6(11)9(12)7-2-4-8(10)5-3-7/h2-6,9,12H,11H2,1H3. The third-order valence-electron chi connectivity index (χ3n) is 1.71. The molecule has 0 saturated heterocycles. The molecule has 1 rings (SSSR count). The highest BCUT2D eigenvalue weighted by Crippen LogP contribution is 2.18. The van der Waals surface area contributed by atoms with Crippen LogP contribution in [-0.4, -0.2) is 11.1 Å². The Morgan fingerprint density at radius 3 is 2.25 bits per heavy atom. The summed E-state index contributed by atoms with van der Waals surface area (Å²) < 4.78 is 1.00. The van der Waals surface area contributed by atoms with Gasteiger partial charge in [0.1, 0.15) is 0 Å². The second-order valence-electron chi connectivity index (χ2n) is 2.86. The molecule has 2 nitrogen and oxygen atoms in total. The van der Waals surface area contributed by atoms with Crippen LogP contribution in [0.15, 0.2) is 28.7 Å². The van der Waals surface area contributed by atoms with Crippen molar-refractivity contribution in [3.63, 3.8) is 0 Å². The largest absolute Gasteiger partial charge is 0.387 e. The van der Waals surface area contributed by atoms with E-state index >= 15 is 0 Å². The summed E-state index contributed by atoms with van der Waals surface area (Å²) in [5.74, 6) is 0. The van der Waals surface area contributed by atoms with Gasteiger partial charge in [-0.15, -0.1) is 0 Å². The van der Waals surface area contributed by atoms with E-state index in [1.807, 2.05) is 24.3 Å². The number of hydrogen-bond donors (Lipinski definition) is 2. The molecular formula is C9H12BrNO. The van der Waals surface area contributed by atoms with Crippen molar-refractivity contribution in [2.75, 3.05) is 0 Å². The first-order valence-electron chi connectivity index (χ1n) is 3.80. The van der Waals surface area contributed by atoms with Crippen molar-refractivity contribution in [2.45, 2.75) is 19.1 Å². The maximum atomic E-state index is 9.55. The Labute approximate surface area is 80.5 Å². The van der Waals surface area contributed by atoms with Crippen molar-refractivity contribution in [1.29, 1.82) is 0 Å². The summed E-state index contributed by atoms with van der Waals surface area (Å²) in [5, 5.41) is 9.55. The quantitative estimate of drug-likeness (QED) is 0.814. The Hall–Kier alpha value is -0.380. The summed E-state index contributed by atoms with van der Waals surface area (Å²) in [6.45, 7) is 1.78. The Morgan fingerprint density at radius 2 is 1.83 bits per heavy atom. The molecule has 0 amide bonds. The van der Waals surface area contributed by atoms with Gasteiger partial charge in [0.25, 0.3) is 0 Å². The lowest BCUT2D eigenvalue weighted by molar-refractivity contribution is 0.153. The van der Waals surface area contributed by atoms with Crippen LogP contribution in [0.4, 0.5) is 0 Å². The summed E-state index contributed by atoms with van der Waals surface area (Å²) in [5.41, 5.74) is 6.40. The molecule has 1 aromatic carbocycles. The molecule has 0 aliphatic carbocycles. The lowest BCUT2D eigenvalue weighted by Crippen LogP contribution is -2.24. The van der Waals surface area contributed by atoms with Crippen LogP contribution in [-0.2, 0) is 0 Å². The third-order valence-corrected chi connectivity index (χ3v) is 2.24. The lowest BCUT2D eigenvalue weighted by atomic mass is 10.0. The second-order valence-corrected chi connectivity index (χ2v) is 3.77. The molecule has 3 N–H and O–H groups in total. The van der Waals surface area contributed by atoms with E-state index in [9.17, 15) is 5.11 Å². The molecule has 0 fully saturated rings. The molecule has 0 bridgehead atoms. The molecule has 0 aliphatic rings. The maximum absolute atomic E-state index is 9.55. The summed E-state index contributed by atoms with van der Waals surface area (Å²) in [6.07, 6.45) is -0.571. The van der Waals surface area contributed by atoms with Gasteiger partial charge < -0.3 is 10.8 Å². The van der Waals surface area contributed by atoms with Gasteiger partial charge in [0, 0.05) is 10.5 Å². The van der Waals surface area contributed by atoms with Crippen LogP contribution in [0.2, 0.25) is 0 Å². The Bertz CT molecular complexity index is 245. The minimum absolute atomic E-state index is 0.230. The van der Waals surface area contributed by atoms with E-state index in [-0.39, 0.29) is 6.04 Å². The first-order valence-corrected chi connectivity index (χ1v) is 4.59. The minimum atomic E-state index is -0.571. The van der Waals surface area contributed by atoms with E-state index in [1.54, 1.807) is 6.92 Å². The van der Waals surface area contributed by atoms with Crippen LogP contribution in [0.5, 0.6) is 0 Å². The average Bonchev–Trinajstić information content (AvgIpc) is 2.04. The zero-order valence-corrected chi connectivity index (χ0v) is 8.45. The third kappa shape index (κ3) is 2.30. The molecule has 2 unspecified atom stereocenters. The topological polar surface area (TPSA) is 46.2 Å². The molecule has 0 spiro atoms. The molecule has 0 radical (unpaired) electrons. The molecule has 0 heterocycles. The Kier molecular flexibility index (Phi) is 3.26. The summed E-state index contributed by atoms with van der Waals surface area (Å²) in [4.78, 5) is 0. The van der Waals surface area contributed by atoms with Gasteiger partial charge in [-0.2, -0.15) is 0 Å². The van der Waals surface area contributed by atoms with Crippen LogP contribution in [0, 0.1) is 0 Å². The predicted octanol–water partition coefficient (Wildman–Crippen LogP) is 1.83. The highest BCUT2D eigenvalue weighted by molar-refractivity contribution is 9.10. The molecule has 66 valence electrons. The average molecular weight is 230 g/mol. The monoisotopic (exact) mass is 229 g/mol. The summed E-state index contributed by atoms with van der Waals surface area (Å²) in [7, 11) is 0. The highest BCUT2D eigenvalue weighted by Gasteiger charge is 2.11. The van der Waals surface area contributed by atoms with Crippen LogP contribution in [0.1, 0.15) is 18.6 Å². The van der Waals surface area contributed by atoms with Crippen LogP contribution in [0.3, 0.4) is 0 Å². The molecule has 2 atom stereocenters. The first-order chi connectivity index (χ1) is 5.61. The fourth-order valence-corrected chi connectivity index (χ4v) is 1.23. The minimum Gasteiger partial charge on any atom is -0.387 e. The summed E-state index contributed by atoms with van der Waals surface area (Å²) >= 11 is 3.32. The second kappa shape index (κ2) is 4.03. The van der Waals surface area contributed by atoms with Crippen molar-refractivity contribution in [2.24, 2.45) is 5.73 Å². The summed E-state index contributed by atoms with van der Waals surface area (Å²) in [6, 6.07) is 7.27. The normalized spacial score (nSPS) is 15.7. The van der Waals surface area contributed by atoms with Crippen molar-refractivity contribution in [3.05, 3.63) is 34.3 Å². The number of halogens is 1. The number of benzene rings is 1. The molecule has 0 saturated carbocycles. The fraction of sp³-hybridized carbons (Fsp3) is 0.333. The zero-order valence-electron chi connectivity index (χ0n) is 6.87. The maximum Gasteiger partial charge on any atom is 0.0938 e. The Morgan fingerprint density at radius 1 is 1.33 bits per heavy atom. The van der Waals surface area contributed by atoms with Gasteiger partial charge in [0.05, 0.1) is 6.10 Å². The van der Waals surface area contributed by atoms with E-state index in [1.165, 1.54) is 0 Å². The first kappa shape index (κ1) is 9.71. The number of aliphatic hydroxyl groups excluding tert-OH is 1. The van der Waals surface area contributed by atoms with Gasteiger partial charge in [-0.25, -0.2) is 0 Å². The number of hydrogen-bond acceptors (Lipinski definition) is 2. The van der Waals surface area contributed by atoms with E-state index in [4.69, 9.17) is 5.73 Å². The molecule has 0 aliphatic heterocycles. The predicted molar refractivity (Wildman–Crippen MR) is 52.8 cm³/mol. The van der Waals surface area contributed by atoms with Gasteiger partial charge in [0.15, 0.2) is 0 Å². The van der Waals surface area contributed by atoms with Gasteiger partial charge in [-0.1, -0.05) is 28.1 Å². The zero-order chi connectivity index (χ0) is 9.14. The smallest absolute Gasteiger partial charge is 0.0938 e. The molecule has 12 heavy (non-hydrogen) atoms. The number of nitrogens with two attached hydrogens (primary N) is 1. The highest BCUT2D eigenvalue weighted by atomic mass is 79.9. The van der Waals surface area contributed by atoms with Crippen LogP contribution >= 0.6 is 15.9 Å².